The van der Waals surface area contributed by atoms with Gasteiger partial charge >= 0.3 is 0 Å². The number of amidine groups is 1. The third-order valence-corrected chi connectivity index (χ3v) is 4.61. The van der Waals surface area contributed by atoms with Crippen molar-refractivity contribution >= 4 is 5.84 Å². The number of pyridine rings is 1. The number of hydrogen-bond acceptors (Lipinski definition) is 5. The van der Waals surface area contributed by atoms with Crippen molar-refractivity contribution in [2.45, 2.75) is 44.3 Å². The Kier molecular flexibility index (Phi) is 4.36. The zero-order valence-corrected chi connectivity index (χ0v) is 12.2. The average molecular weight is 289 g/mol. The van der Waals surface area contributed by atoms with E-state index in [1.807, 2.05) is 12.1 Å². The van der Waals surface area contributed by atoms with Gasteiger partial charge in [0.05, 0.1) is 0 Å². The molecule has 2 atom stereocenters. The van der Waals surface area contributed by atoms with Gasteiger partial charge in [0.15, 0.2) is 5.84 Å². The molecule has 4 N–H and O–H groups in total. The normalized spacial score (nSPS) is 26.8. The Labute approximate surface area is 125 Å². The fraction of sp³-hybridized carbons (Fsp3) is 0.600. The molecule has 0 saturated carbocycles. The molecule has 6 heteroatoms. The van der Waals surface area contributed by atoms with Crippen LogP contribution in [0.15, 0.2) is 23.5 Å². The third kappa shape index (κ3) is 3.33. The molecule has 114 valence electrons. The zero-order chi connectivity index (χ0) is 14.7. The number of nitrogens with zero attached hydrogens (tertiary/aromatic N) is 3. The van der Waals surface area contributed by atoms with Crippen molar-refractivity contribution in [2.75, 3.05) is 13.1 Å². The second-order valence-corrected chi connectivity index (χ2v) is 5.97. The van der Waals surface area contributed by atoms with E-state index in [1.54, 1.807) is 6.20 Å². The van der Waals surface area contributed by atoms with E-state index < -0.39 is 0 Å². The highest BCUT2D eigenvalue weighted by atomic mass is 16.4. The summed E-state index contributed by atoms with van der Waals surface area (Å²) < 4.78 is 0. The van der Waals surface area contributed by atoms with Gasteiger partial charge in [0.25, 0.3) is 0 Å². The second kappa shape index (κ2) is 6.41. The lowest BCUT2D eigenvalue weighted by Crippen LogP contribution is -2.45. The van der Waals surface area contributed by atoms with Gasteiger partial charge in [0, 0.05) is 24.8 Å². The summed E-state index contributed by atoms with van der Waals surface area (Å²) in [6.07, 6.45) is 6.86. The van der Waals surface area contributed by atoms with Crippen LogP contribution in [0.25, 0.3) is 0 Å². The van der Waals surface area contributed by atoms with Crippen LogP contribution in [0.2, 0.25) is 0 Å². The van der Waals surface area contributed by atoms with Crippen molar-refractivity contribution in [3.63, 3.8) is 0 Å². The Hall–Kier alpha value is -1.66. The van der Waals surface area contributed by atoms with Crippen molar-refractivity contribution < 1.29 is 5.21 Å². The highest BCUT2D eigenvalue weighted by Gasteiger charge is 2.31. The average Bonchev–Trinajstić information content (AvgIpc) is 3.00. The van der Waals surface area contributed by atoms with Crippen LogP contribution >= 0.6 is 0 Å². The number of hydrogen-bond donors (Lipinski definition) is 3. The number of piperidine rings is 1. The number of fused-ring (bicyclic) bond motifs is 1. The summed E-state index contributed by atoms with van der Waals surface area (Å²) >= 11 is 0. The maximum absolute atomic E-state index is 8.70. The lowest BCUT2D eigenvalue weighted by molar-refractivity contribution is 0.166. The van der Waals surface area contributed by atoms with Crippen LogP contribution in [0.1, 0.15) is 36.9 Å². The first-order valence-electron chi connectivity index (χ1n) is 7.66. The van der Waals surface area contributed by atoms with Crippen molar-refractivity contribution in [1.29, 1.82) is 0 Å². The highest BCUT2D eigenvalue weighted by molar-refractivity contribution is 5.95. The summed E-state index contributed by atoms with van der Waals surface area (Å²) in [6, 6.07) is 5.20. The molecule has 0 spiro atoms. The lowest BCUT2D eigenvalue weighted by Gasteiger charge is -2.35. The van der Waals surface area contributed by atoms with Crippen LogP contribution in [-0.2, 0) is 6.54 Å². The van der Waals surface area contributed by atoms with Gasteiger partial charge in [-0.3, -0.25) is 4.98 Å². The first kappa shape index (κ1) is 14.3. The molecule has 0 aromatic carbocycles. The molecule has 3 heterocycles. The first-order valence-corrected chi connectivity index (χ1v) is 7.66. The molecule has 0 amide bonds. The topological polar surface area (TPSA) is 86.8 Å². The number of rotatable bonds is 4. The molecule has 2 fully saturated rings. The van der Waals surface area contributed by atoms with Crippen LogP contribution in [-0.4, -0.2) is 46.1 Å². The van der Waals surface area contributed by atoms with Gasteiger partial charge in [-0.25, -0.2) is 0 Å². The number of oxime groups is 1. The Bertz CT molecular complexity index is 519. The summed E-state index contributed by atoms with van der Waals surface area (Å²) in [7, 11) is 0. The van der Waals surface area contributed by atoms with E-state index in [1.165, 1.54) is 38.8 Å². The van der Waals surface area contributed by atoms with Crippen LogP contribution < -0.4 is 11.1 Å². The molecule has 2 aliphatic heterocycles. The van der Waals surface area contributed by atoms with Crippen molar-refractivity contribution in [3.8, 4) is 0 Å². The molecule has 0 radical (unpaired) electrons. The summed E-state index contributed by atoms with van der Waals surface area (Å²) in [5.74, 6) is 0.0520. The molecule has 2 aliphatic rings. The lowest BCUT2D eigenvalue weighted by atomic mass is 9.97. The number of nitrogens with one attached hydrogen (secondary N) is 1. The van der Waals surface area contributed by atoms with E-state index in [9.17, 15) is 0 Å². The Morgan fingerprint density at radius 3 is 3.24 bits per heavy atom. The molecule has 1 aromatic rings. The van der Waals surface area contributed by atoms with Gasteiger partial charge in [-0.2, -0.15) is 0 Å². The number of nitrogens with two attached hydrogens (primary N) is 1. The maximum Gasteiger partial charge on any atom is 0.188 e. The van der Waals surface area contributed by atoms with Crippen LogP contribution in [0.4, 0.5) is 0 Å². The van der Waals surface area contributed by atoms with E-state index in [0.717, 1.165) is 18.2 Å². The summed E-state index contributed by atoms with van der Waals surface area (Å²) in [4.78, 5) is 6.72. The van der Waals surface area contributed by atoms with Gasteiger partial charge in [0.2, 0.25) is 0 Å². The molecule has 21 heavy (non-hydrogen) atoms. The van der Waals surface area contributed by atoms with E-state index >= 15 is 0 Å². The molecule has 0 aliphatic carbocycles. The molecule has 2 unspecified atom stereocenters. The van der Waals surface area contributed by atoms with Gasteiger partial charge in [-0.1, -0.05) is 5.16 Å². The Morgan fingerprint density at radius 1 is 1.48 bits per heavy atom. The van der Waals surface area contributed by atoms with Crippen LogP contribution in [0, 0.1) is 0 Å². The molecule has 2 saturated heterocycles. The van der Waals surface area contributed by atoms with Crippen LogP contribution in [0.5, 0.6) is 0 Å². The molecule has 1 aromatic heterocycles. The van der Waals surface area contributed by atoms with E-state index in [-0.39, 0.29) is 5.84 Å². The predicted octanol–water partition coefficient (Wildman–Crippen LogP) is 0.892. The van der Waals surface area contributed by atoms with E-state index in [0.29, 0.717) is 11.7 Å². The van der Waals surface area contributed by atoms with Gasteiger partial charge < -0.3 is 21.2 Å². The molecular formula is C15H23N5O. The van der Waals surface area contributed by atoms with E-state index in [4.69, 9.17) is 10.9 Å². The fourth-order valence-corrected chi connectivity index (χ4v) is 3.45. The third-order valence-electron chi connectivity index (χ3n) is 4.61. The molecule has 0 bridgehead atoms. The van der Waals surface area contributed by atoms with Crippen LogP contribution in [0.3, 0.4) is 0 Å². The van der Waals surface area contributed by atoms with Crippen molar-refractivity contribution in [3.05, 3.63) is 29.6 Å². The zero-order valence-electron chi connectivity index (χ0n) is 12.2. The van der Waals surface area contributed by atoms with Crippen molar-refractivity contribution in [1.82, 2.24) is 15.2 Å². The predicted molar refractivity (Wildman–Crippen MR) is 81.2 cm³/mol. The van der Waals surface area contributed by atoms with Gasteiger partial charge in [-0.05, 0) is 56.5 Å². The standard InChI is InChI=1S/C15H23N5O/c16-15(19-21)14-8-11(3-5-17-14)10-18-12-4-7-20-6-1-2-13(20)9-12/h3,5,8,12-13,18,21H,1-2,4,6-7,9-10H2,(H2,16,19). The Balaban J connectivity index is 1.55. The minimum atomic E-state index is 0.0520. The minimum Gasteiger partial charge on any atom is -0.409 e. The summed E-state index contributed by atoms with van der Waals surface area (Å²) in [5, 5.41) is 15.3. The first-order chi connectivity index (χ1) is 10.3. The largest absolute Gasteiger partial charge is 0.409 e. The molecule has 6 nitrogen and oxygen atoms in total. The quantitative estimate of drug-likeness (QED) is 0.332. The smallest absolute Gasteiger partial charge is 0.188 e. The Morgan fingerprint density at radius 2 is 2.38 bits per heavy atom. The molecular weight excluding hydrogens is 266 g/mol. The fourth-order valence-electron chi connectivity index (χ4n) is 3.45. The summed E-state index contributed by atoms with van der Waals surface area (Å²) in [5.41, 5.74) is 7.20. The SMILES string of the molecule is N/C(=N/O)c1cc(CNC2CCN3CCCC3C2)ccn1. The maximum atomic E-state index is 8.70. The second-order valence-electron chi connectivity index (χ2n) is 5.97. The van der Waals surface area contributed by atoms with E-state index in [2.05, 4.69) is 20.4 Å². The van der Waals surface area contributed by atoms with Gasteiger partial charge in [-0.15, -0.1) is 0 Å². The molecule has 3 rings (SSSR count). The summed E-state index contributed by atoms with van der Waals surface area (Å²) in [6.45, 7) is 3.30. The minimum absolute atomic E-state index is 0.0520. The van der Waals surface area contributed by atoms with Crippen molar-refractivity contribution in [2.24, 2.45) is 10.9 Å². The highest BCUT2D eigenvalue weighted by Crippen LogP contribution is 2.26. The number of aromatic nitrogens is 1. The van der Waals surface area contributed by atoms with Gasteiger partial charge in [0.1, 0.15) is 5.69 Å². The monoisotopic (exact) mass is 289 g/mol.